The number of benzene rings is 2. The molecule has 0 amide bonds. The number of rotatable bonds is 3. The Morgan fingerprint density at radius 2 is 1.83 bits per heavy atom. The van der Waals surface area contributed by atoms with E-state index in [1.165, 1.54) is 3.57 Å². The number of aryl methyl sites for hydroxylation is 1. The van der Waals surface area contributed by atoms with Crippen molar-refractivity contribution in [1.29, 1.82) is 5.26 Å². The van der Waals surface area contributed by atoms with Crippen LogP contribution in [0, 0.1) is 21.8 Å². The fraction of sp³-hybridized carbons (Fsp3) is 0.278. The van der Waals surface area contributed by atoms with E-state index in [0.717, 1.165) is 42.6 Å². The van der Waals surface area contributed by atoms with Gasteiger partial charge >= 0.3 is 0 Å². The summed E-state index contributed by atoms with van der Waals surface area (Å²) < 4.78 is 1.18. The fourth-order valence-electron chi connectivity index (χ4n) is 2.72. The fourth-order valence-corrected chi connectivity index (χ4v) is 3.08. The van der Waals surface area contributed by atoms with Gasteiger partial charge in [0.25, 0.3) is 0 Å². The molecule has 2 aromatic carbocycles. The van der Waals surface area contributed by atoms with Crippen LogP contribution in [0.4, 0.5) is 5.69 Å². The minimum atomic E-state index is 0.571. The van der Waals surface area contributed by atoms with Crippen molar-refractivity contribution in [3.8, 4) is 17.2 Å². The number of halogens is 1. The molecule has 0 spiro atoms. The van der Waals surface area contributed by atoms with Crippen molar-refractivity contribution in [1.82, 2.24) is 5.01 Å². The van der Waals surface area contributed by atoms with Crippen molar-refractivity contribution in [2.45, 2.75) is 19.8 Å². The maximum absolute atomic E-state index is 9.48. The monoisotopic (exact) mass is 416 g/mol. The van der Waals surface area contributed by atoms with Gasteiger partial charge in [-0.2, -0.15) is 5.26 Å². The second kappa shape index (κ2) is 7.09. The Morgan fingerprint density at radius 3 is 2.48 bits per heavy atom. The summed E-state index contributed by atoms with van der Waals surface area (Å²) in [4.78, 5) is 0. The van der Waals surface area contributed by atoms with E-state index in [1.807, 2.05) is 18.0 Å². The van der Waals surface area contributed by atoms with Crippen LogP contribution < -0.4 is 0 Å². The Kier molecular flexibility index (Phi) is 4.91. The van der Waals surface area contributed by atoms with Crippen molar-refractivity contribution in [3.05, 3.63) is 51.1 Å². The lowest BCUT2D eigenvalue weighted by atomic mass is 9.98. The maximum Gasteiger partial charge on any atom is 0.113 e. The molecule has 23 heavy (non-hydrogen) atoms. The van der Waals surface area contributed by atoms with Crippen molar-refractivity contribution in [2.24, 2.45) is 10.3 Å². The van der Waals surface area contributed by atoms with Gasteiger partial charge in [-0.3, -0.25) is 5.01 Å². The average Bonchev–Trinajstić information content (AvgIpc) is 3.07. The van der Waals surface area contributed by atoms with Crippen LogP contribution in [-0.4, -0.2) is 18.1 Å². The van der Waals surface area contributed by atoms with Gasteiger partial charge < -0.3 is 0 Å². The number of hydrogen-bond donors (Lipinski definition) is 0. The Balaban J connectivity index is 2.08. The molecule has 0 saturated carbocycles. The molecule has 1 heterocycles. The SMILES string of the molecule is Cc1cc(C#N)c(N=NN2CCCC2)c(-c2ccc(I)cc2)c1. The maximum atomic E-state index is 9.48. The average molecular weight is 416 g/mol. The summed E-state index contributed by atoms with van der Waals surface area (Å²) >= 11 is 2.29. The zero-order chi connectivity index (χ0) is 16.2. The molecule has 2 aromatic rings. The highest BCUT2D eigenvalue weighted by Gasteiger charge is 2.13. The predicted octanol–water partition coefficient (Wildman–Crippen LogP) is 5.23. The molecular weight excluding hydrogens is 399 g/mol. The molecule has 0 bridgehead atoms. The highest BCUT2D eigenvalue weighted by Crippen LogP contribution is 2.35. The van der Waals surface area contributed by atoms with Crippen LogP contribution in [0.15, 0.2) is 46.7 Å². The molecule has 116 valence electrons. The molecule has 0 radical (unpaired) electrons. The number of hydrogen-bond acceptors (Lipinski definition) is 3. The molecule has 1 aliphatic rings. The van der Waals surface area contributed by atoms with Gasteiger partial charge in [0.1, 0.15) is 11.8 Å². The summed E-state index contributed by atoms with van der Waals surface area (Å²) in [5.74, 6) is 0. The molecule has 1 fully saturated rings. The second-order valence-electron chi connectivity index (χ2n) is 5.68. The van der Waals surface area contributed by atoms with E-state index < -0.39 is 0 Å². The van der Waals surface area contributed by atoms with E-state index >= 15 is 0 Å². The topological polar surface area (TPSA) is 51.8 Å². The summed E-state index contributed by atoms with van der Waals surface area (Å²) in [5, 5.41) is 20.2. The lowest BCUT2D eigenvalue weighted by molar-refractivity contribution is 0.336. The first-order chi connectivity index (χ1) is 11.2. The molecule has 1 aliphatic heterocycles. The van der Waals surface area contributed by atoms with Crippen molar-refractivity contribution < 1.29 is 0 Å². The molecule has 0 aliphatic carbocycles. The highest BCUT2D eigenvalue weighted by atomic mass is 127. The minimum Gasteiger partial charge on any atom is -0.278 e. The van der Waals surface area contributed by atoms with Crippen molar-refractivity contribution in [2.75, 3.05) is 13.1 Å². The smallest absolute Gasteiger partial charge is 0.113 e. The lowest BCUT2D eigenvalue weighted by Gasteiger charge is -2.11. The number of nitrogens with zero attached hydrogens (tertiary/aromatic N) is 4. The molecular formula is C18H17IN4. The first kappa shape index (κ1) is 15.9. The van der Waals surface area contributed by atoms with Gasteiger partial charge in [-0.05, 0) is 77.7 Å². The summed E-state index contributed by atoms with van der Waals surface area (Å²) in [6, 6.07) is 14.4. The third-order valence-electron chi connectivity index (χ3n) is 3.88. The van der Waals surface area contributed by atoms with Crippen molar-refractivity contribution >= 4 is 28.3 Å². The van der Waals surface area contributed by atoms with Gasteiger partial charge in [-0.15, -0.1) is 5.11 Å². The molecule has 0 aromatic heterocycles. The third-order valence-corrected chi connectivity index (χ3v) is 4.60. The molecule has 0 N–H and O–H groups in total. The predicted molar refractivity (Wildman–Crippen MR) is 99.4 cm³/mol. The molecule has 0 atom stereocenters. The first-order valence-electron chi connectivity index (χ1n) is 7.64. The minimum absolute atomic E-state index is 0.571. The van der Waals surface area contributed by atoms with E-state index in [9.17, 15) is 5.26 Å². The van der Waals surface area contributed by atoms with E-state index in [2.05, 4.69) is 69.3 Å². The summed E-state index contributed by atoms with van der Waals surface area (Å²) in [6.07, 6.45) is 2.31. The Labute approximate surface area is 150 Å². The van der Waals surface area contributed by atoms with Crippen LogP contribution >= 0.6 is 22.6 Å². The summed E-state index contributed by atoms with van der Waals surface area (Å²) in [6.45, 7) is 3.88. The zero-order valence-electron chi connectivity index (χ0n) is 13.0. The molecule has 0 unspecified atom stereocenters. The van der Waals surface area contributed by atoms with Gasteiger partial charge in [0, 0.05) is 22.2 Å². The van der Waals surface area contributed by atoms with E-state index in [4.69, 9.17) is 0 Å². The van der Waals surface area contributed by atoms with Crippen LogP contribution in [0.1, 0.15) is 24.0 Å². The Morgan fingerprint density at radius 1 is 1.13 bits per heavy atom. The number of nitriles is 1. The van der Waals surface area contributed by atoms with E-state index in [1.54, 1.807) is 0 Å². The Hall–Kier alpha value is -1.94. The summed E-state index contributed by atoms with van der Waals surface area (Å²) in [7, 11) is 0. The van der Waals surface area contributed by atoms with Crippen LogP contribution in [0.25, 0.3) is 11.1 Å². The van der Waals surface area contributed by atoms with Gasteiger partial charge in [0.05, 0.1) is 5.56 Å². The van der Waals surface area contributed by atoms with Gasteiger partial charge in [0.2, 0.25) is 0 Å². The van der Waals surface area contributed by atoms with Crippen LogP contribution in [-0.2, 0) is 0 Å². The Bertz CT molecular complexity index is 769. The molecule has 1 saturated heterocycles. The van der Waals surface area contributed by atoms with E-state index in [-0.39, 0.29) is 0 Å². The normalized spacial score (nSPS) is 14.4. The van der Waals surface area contributed by atoms with Gasteiger partial charge in [-0.25, -0.2) is 0 Å². The molecule has 4 nitrogen and oxygen atoms in total. The summed E-state index contributed by atoms with van der Waals surface area (Å²) in [5.41, 5.74) is 4.30. The van der Waals surface area contributed by atoms with Crippen LogP contribution in [0.2, 0.25) is 0 Å². The lowest BCUT2D eigenvalue weighted by Crippen LogP contribution is -2.09. The first-order valence-corrected chi connectivity index (χ1v) is 8.72. The highest BCUT2D eigenvalue weighted by molar-refractivity contribution is 14.1. The van der Waals surface area contributed by atoms with Crippen LogP contribution in [0.5, 0.6) is 0 Å². The standard InChI is InChI=1S/C18H17IN4/c1-13-10-15(12-20)18(21-22-23-8-2-3-9-23)17(11-13)14-4-6-16(19)7-5-14/h4-7,10-11H,2-3,8-9H2,1H3. The zero-order valence-corrected chi connectivity index (χ0v) is 15.1. The van der Waals surface area contributed by atoms with E-state index in [0.29, 0.717) is 11.3 Å². The molecule has 5 heteroatoms. The largest absolute Gasteiger partial charge is 0.278 e. The van der Waals surface area contributed by atoms with Gasteiger partial charge in [0.15, 0.2) is 0 Å². The van der Waals surface area contributed by atoms with Crippen molar-refractivity contribution in [3.63, 3.8) is 0 Å². The quantitative estimate of drug-likeness (QED) is 0.508. The van der Waals surface area contributed by atoms with Gasteiger partial charge in [-0.1, -0.05) is 17.4 Å². The molecule has 3 rings (SSSR count). The van der Waals surface area contributed by atoms with Crippen LogP contribution in [0.3, 0.4) is 0 Å². The second-order valence-corrected chi connectivity index (χ2v) is 6.92. The third kappa shape index (κ3) is 3.70.